The SMILES string of the molecule is COC(=O)/C=C/c1c(CCNC(=O)/C=C/c2ccccc2)c2ccccc2n1S(=O)(=O)c1ccc(C)cc1. The molecule has 38 heavy (non-hydrogen) atoms. The number of carbonyl (C=O) groups is 2. The maximum absolute atomic E-state index is 13.8. The average molecular weight is 529 g/mol. The van der Waals surface area contributed by atoms with E-state index in [0.717, 1.165) is 11.1 Å². The smallest absolute Gasteiger partial charge is 0.330 e. The van der Waals surface area contributed by atoms with Crippen molar-refractivity contribution >= 4 is 45.0 Å². The molecule has 0 spiro atoms. The van der Waals surface area contributed by atoms with E-state index >= 15 is 0 Å². The first-order chi connectivity index (χ1) is 18.3. The average Bonchev–Trinajstić information content (AvgIpc) is 3.25. The molecule has 0 aliphatic heterocycles. The van der Waals surface area contributed by atoms with Gasteiger partial charge in [-0.2, -0.15) is 0 Å². The van der Waals surface area contributed by atoms with E-state index in [4.69, 9.17) is 4.74 Å². The highest BCUT2D eigenvalue weighted by Gasteiger charge is 2.25. The predicted octanol–water partition coefficient (Wildman–Crippen LogP) is 4.75. The Morgan fingerprint density at radius 2 is 1.58 bits per heavy atom. The van der Waals surface area contributed by atoms with Crippen LogP contribution in [0, 0.1) is 6.92 Å². The zero-order valence-corrected chi connectivity index (χ0v) is 21.9. The number of aryl methyl sites for hydroxylation is 1. The van der Waals surface area contributed by atoms with Crippen molar-refractivity contribution in [2.24, 2.45) is 0 Å². The molecule has 0 bridgehead atoms. The maximum Gasteiger partial charge on any atom is 0.330 e. The maximum atomic E-state index is 13.8. The molecular weight excluding hydrogens is 500 g/mol. The van der Waals surface area contributed by atoms with E-state index in [1.54, 1.807) is 42.5 Å². The summed E-state index contributed by atoms with van der Waals surface area (Å²) < 4.78 is 33.7. The molecule has 8 heteroatoms. The topological polar surface area (TPSA) is 94.5 Å². The van der Waals surface area contributed by atoms with Crippen molar-refractivity contribution in [3.05, 3.63) is 113 Å². The van der Waals surface area contributed by atoms with Gasteiger partial charge in [-0.25, -0.2) is 17.2 Å². The van der Waals surface area contributed by atoms with Crippen LogP contribution in [0.4, 0.5) is 0 Å². The van der Waals surface area contributed by atoms with Crippen LogP contribution in [-0.4, -0.2) is 37.9 Å². The Balaban J connectivity index is 1.72. The van der Waals surface area contributed by atoms with Crippen molar-refractivity contribution in [3.63, 3.8) is 0 Å². The molecule has 1 amide bonds. The van der Waals surface area contributed by atoms with Gasteiger partial charge in [0.2, 0.25) is 5.91 Å². The summed E-state index contributed by atoms with van der Waals surface area (Å²) in [6.45, 7) is 2.14. The minimum absolute atomic E-state index is 0.127. The number of hydrogen-bond acceptors (Lipinski definition) is 5. The summed E-state index contributed by atoms with van der Waals surface area (Å²) in [5, 5.41) is 3.57. The Bertz CT molecular complexity index is 1620. The number of hydrogen-bond donors (Lipinski definition) is 1. The second-order valence-electron chi connectivity index (χ2n) is 8.60. The molecule has 0 aliphatic rings. The molecule has 0 fully saturated rings. The number of nitrogens with one attached hydrogen (secondary N) is 1. The lowest BCUT2D eigenvalue weighted by atomic mass is 10.1. The van der Waals surface area contributed by atoms with E-state index in [0.29, 0.717) is 28.6 Å². The number of amides is 1. The minimum atomic E-state index is -4.01. The first kappa shape index (κ1) is 26.6. The van der Waals surface area contributed by atoms with Crippen molar-refractivity contribution in [2.75, 3.05) is 13.7 Å². The molecule has 194 valence electrons. The van der Waals surface area contributed by atoms with Crippen LogP contribution in [0.5, 0.6) is 0 Å². The van der Waals surface area contributed by atoms with Gasteiger partial charge in [0.1, 0.15) is 0 Å². The van der Waals surface area contributed by atoms with Crippen molar-refractivity contribution in [2.45, 2.75) is 18.2 Å². The van der Waals surface area contributed by atoms with Gasteiger partial charge < -0.3 is 10.1 Å². The Morgan fingerprint density at radius 1 is 0.895 bits per heavy atom. The van der Waals surface area contributed by atoms with Crippen molar-refractivity contribution < 1.29 is 22.7 Å². The van der Waals surface area contributed by atoms with Gasteiger partial charge in [0, 0.05) is 24.1 Å². The highest BCUT2D eigenvalue weighted by molar-refractivity contribution is 7.90. The molecule has 0 unspecified atom stereocenters. The molecule has 0 saturated carbocycles. The van der Waals surface area contributed by atoms with Crippen LogP contribution in [0.15, 0.2) is 95.9 Å². The van der Waals surface area contributed by atoms with Crippen molar-refractivity contribution in [1.29, 1.82) is 0 Å². The number of esters is 1. The number of benzene rings is 3. The first-order valence-electron chi connectivity index (χ1n) is 12.0. The van der Waals surface area contributed by atoms with Gasteiger partial charge in [-0.1, -0.05) is 66.2 Å². The number of nitrogens with zero attached hydrogens (tertiary/aromatic N) is 1. The Hall–Kier alpha value is -4.43. The molecule has 0 saturated heterocycles. The molecule has 7 nitrogen and oxygen atoms in total. The van der Waals surface area contributed by atoms with Crippen LogP contribution in [0.2, 0.25) is 0 Å². The third-order valence-electron chi connectivity index (χ3n) is 6.01. The Morgan fingerprint density at radius 3 is 2.29 bits per heavy atom. The predicted molar refractivity (Wildman–Crippen MR) is 149 cm³/mol. The normalized spacial score (nSPS) is 11.8. The summed E-state index contributed by atoms with van der Waals surface area (Å²) >= 11 is 0. The largest absolute Gasteiger partial charge is 0.466 e. The molecular formula is C30H28N2O5S. The monoisotopic (exact) mass is 528 g/mol. The van der Waals surface area contributed by atoms with Crippen molar-refractivity contribution in [1.82, 2.24) is 9.29 Å². The van der Waals surface area contributed by atoms with E-state index in [1.807, 2.05) is 49.4 Å². The van der Waals surface area contributed by atoms with Gasteiger partial charge in [0.05, 0.1) is 23.2 Å². The lowest BCUT2D eigenvalue weighted by Crippen LogP contribution is -2.23. The second kappa shape index (κ2) is 11.7. The quantitative estimate of drug-likeness (QED) is 0.250. The molecule has 1 N–H and O–H groups in total. The lowest BCUT2D eigenvalue weighted by molar-refractivity contribution is -0.134. The summed E-state index contributed by atoms with van der Waals surface area (Å²) in [5.74, 6) is -0.878. The van der Waals surface area contributed by atoms with Crippen LogP contribution in [0.1, 0.15) is 22.4 Å². The summed E-state index contributed by atoms with van der Waals surface area (Å²) in [7, 11) is -2.76. The van der Waals surface area contributed by atoms with Gasteiger partial charge in [-0.3, -0.25) is 4.79 Å². The third kappa shape index (κ3) is 5.92. The van der Waals surface area contributed by atoms with Crippen LogP contribution in [0.25, 0.3) is 23.1 Å². The lowest BCUT2D eigenvalue weighted by Gasteiger charge is -2.11. The van der Waals surface area contributed by atoms with Gasteiger partial charge in [-0.05, 0) is 54.8 Å². The minimum Gasteiger partial charge on any atom is -0.466 e. The number of para-hydroxylation sites is 1. The fourth-order valence-corrected chi connectivity index (χ4v) is 5.66. The Kier molecular flexibility index (Phi) is 8.23. The highest BCUT2D eigenvalue weighted by Crippen LogP contribution is 2.32. The molecule has 3 aromatic carbocycles. The molecule has 4 rings (SSSR count). The zero-order chi connectivity index (χ0) is 27.1. The molecule has 1 aromatic heterocycles. The molecule has 0 radical (unpaired) electrons. The standard InChI is InChI=1S/C30H28N2O5S/c1-22-12-15-24(16-13-22)38(35,36)32-27-11-7-6-10-25(27)26(28(32)17-19-30(34)37-2)20-21-31-29(33)18-14-23-8-4-3-5-9-23/h3-19H,20-21H2,1-2H3,(H,31,33)/b18-14+,19-17+. The van der Waals surface area contributed by atoms with Crippen LogP contribution < -0.4 is 5.32 Å². The van der Waals surface area contributed by atoms with E-state index in [9.17, 15) is 18.0 Å². The molecule has 4 aromatic rings. The number of fused-ring (bicyclic) bond motifs is 1. The van der Waals surface area contributed by atoms with E-state index in [-0.39, 0.29) is 17.3 Å². The number of aromatic nitrogens is 1. The van der Waals surface area contributed by atoms with Crippen LogP contribution >= 0.6 is 0 Å². The Labute approximate surface area is 222 Å². The fourth-order valence-electron chi connectivity index (χ4n) is 4.12. The van der Waals surface area contributed by atoms with Crippen LogP contribution in [-0.2, 0) is 30.8 Å². The zero-order valence-electron chi connectivity index (χ0n) is 21.1. The number of methoxy groups -OCH3 is 1. The van der Waals surface area contributed by atoms with Gasteiger partial charge >= 0.3 is 5.97 Å². The van der Waals surface area contributed by atoms with E-state index in [2.05, 4.69) is 5.32 Å². The molecule has 0 atom stereocenters. The van der Waals surface area contributed by atoms with E-state index < -0.39 is 16.0 Å². The first-order valence-corrected chi connectivity index (χ1v) is 13.5. The molecule has 0 aliphatic carbocycles. The highest BCUT2D eigenvalue weighted by atomic mass is 32.2. The summed E-state index contributed by atoms with van der Waals surface area (Å²) in [4.78, 5) is 24.5. The van der Waals surface area contributed by atoms with Gasteiger partial charge in [0.15, 0.2) is 0 Å². The summed E-state index contributed by atoms with van der Waals surface area (Å²) in [6, 6.07) is 23.2. The third-order valence-corrected chi connectivity index (χ3v) is 7.76. The summed E-state index contributed by atoms with van der Waals surface area (Å²) in [5.41, 5.74) is 3.32. The fraction of sp³-hybridized carbons (Fsp3) is 0.133. The van der Waals surface area contributed by atoms with Gasteiger partial charge in [-0.15, -0.1) is 0 Å². The summed E-state index contributed by atoms with van der Waals surface area (Å²) in [6.07, 6.45) is 6.16. The van der Waals surface area contributed by atoms with Crippen molar-refractivity contribution in [3.8, 4) is 0 Å². The van der Waals surface area contributed by atoms with Gasteiger partial charge in [0.25, 0.3) is 10.0 Å². The van der Waals surface area contributed by atoms with E-state index in [1.165, 1.54) is 29.3 Å². The van der Waals surface area contributed by atoms with Crippen LogP contribution in [0.3, 0.4) is 0 Å². The second-order valence-corrected chi connectivity index (χ2v) is 10.4. The molecule has 1 heterocycles. The number of carbonyl (C=O) groups excluding carboxylic acids is 2. The number of ether oxygens (including phenoxy) is 1. The number of rotatable bonds is 9.